The fourth-order valence-corrected chi connectivity index (χ4v) is 3.13. The number of hydrogen-bond donors (Lipinski definition) is 1. The Labute approximate surface area is 152 Å². The average Bonchev–Trinajstić information content (AvgIpc) is 3.07. The van der Waals surface area contributed by atoms with Crippen molar-refractivity contribution in [1.82, 2.24) is 20.1 Å². The molecule has 5 nitrogen and oxygen atoms in total. The minimum Gasteiger partial charge on any atom is -0.352 e. The third kappa shape index (κ3) is 3.42. The Kier molecular flexibility index (Phi) is 4.18. The first-order valence-corrected chi connectivity index (χ1v) is 8.38. The zero-order valence-electron chi connectivity index (χ0n) is 14.1. The van der Waals surface area contributed by atoms with Crippen LogP contribution < -0.4 is 5.32 Å². The van der Waals surface area contributed by atoms with E-state index in [-0.39, 0.29) is 5.91 Å². The highest BCUT2D eigenvalue weighted by Gasteiger charge is 2.30. The first-order valence-electron chi connectivity index (χ1n) is 8.38. The Morgan fingerprint density at radius 2 is 1.93 bits per heavy atom. The van der Waals surface area contributed by atoms with Gasteiger partial charge in [0, 0.05) is 31.3 Å². The van der Waals surface area contributed by atoms with Crippen molar-refractivity contribution in [3.05, 3.63) is 76.9 Å². The van der Waals surface area contributed by atoms with Gasteiger partial charge in [-0.1, -0.05) is 12.1 Å². The molecule has 3 aromatic rings. The Morgan fingerprint density at radius 1 is 1.15 bits per heavy atom. The molecule has 1 aromatic carbocycles. The summed E-state index contributed by atoms with van der Waals surface area (Å²) in [5.74, 6) is -0.137. The molecule has 27 heavy (non-hydrogen) atoms. The molecular formula is C19H15F3N4O. The predicted molar refractivity (Wildman–Crippen MR) is 91.6 cm³/mol. The number of carbonyl (C=O) groups is 1. The number of rotatable bonds is 3. The summed E-state index contributed by atoms with van der Waals surface area (Å²) in [6, 6.07) is 8.67. The molecule has 1 amide bonds. The minimum atomic E-state index is -4.35. The summed E-state index contributed by atoms with van der Waals surface area (Å²) in [6.07, 6.45) is -0.0960. The zero-order valence-corrected chi connectivity index (χ0v) is 14.1. The van der Waals surface area contributed by atoms with Gasteiger partial charge in [0.05, 0.1) is 28.7 Å². The van der Waals surface area contributed by atoms with E-state index in [2.05, 4.69) is 15.4 Å². The van der Waals surface area contributed by atoms with E-state index in [1.807, 2.05) is 6.07 Å². The van der Waals surface area contributed by atoms with Crippen molar-refractivity contribution in [3.8, 4) is 5.69 Å². The molecule has 0 radical (unpaired) electrons. The molecule has 0 aliphatic carbocycles. The van der Waals surface area contributed by atoms with Gasteiger partial charge >= 0.3 is 6.18 Å². The van der Waals surface area contributed by atoms with E-state index in [9.17, 15) is 18.0 Å². The number of alkyl halides is 3. The van der Waals surface area contributed by atoms with Crippen LogP contribution in [0.2, 0.25) is 0 Å². The topological polar surface area (TPSA) is 59.8 Å². The fraction of sp³-hybridized carbons (Fsp3) is 0.211. The standard InChI is InChI=1S/C19H15F3N4O/c20-19(21,22)13-3-1-12(2-4-13)9-14-10-15(5-7-23-14)26-17-6-8-24-18(27)16(17)11-25-26/h1-5,7,10-11H,6,8-9H2,(H,24,27). The second kappa shape index (κ2) is 6.53. The van der Waals surface area contributed by atoms with Crippen molar-refractivity contribution in [1.29, 1.82) is 0 Å². The molecule has 1 aliphatic heterocycles. The molecule has 138 valence electrons. The molecule has 3 heterocycles. The number of aromatic nitrogens is 3. The number of nitrogens with one attached hydrogen (secondary N) is 1. The molecule has 0 saturated carbocycles. The lowest BCUT2D eigenvalue weighted by Crippen LogP contribution is -2.32. The van der Waals surface area contributed by atoms with Gasteiger partial charge < -0.3 is 5.32 Å². The second-order valence-corrected chi connectivity index (χ2v) is 6.30. The zero-order chi connectivity index (χ0) is 19.0. The number of benzene rings is 1. The number of halogens is 3. The molecule has 0 atom stereocenters. The van der Waals surface area contributed by atoms with E-state index in [0.29, 0.717) is 30.6 Å². The Hall–Kier alpha value is -3.16. The number of fused-ring (bicyclic) bond motifs is 1. The van der Waals surface area contributed by atoms with Gasteiger partial charge in [0.25, 0.3) is 5.91 Å². The molecule has 0 unspecified atom stereocenters. The number of nitrogens with zero attached hydrogens (tertiary/aromatic N) is 3. The molecule has 4 rings (SSSR count). The highest BCUT2D eigenvalue weighted by molar-refractivity contribution is 5.96. The van der Waals surface area contributed by atoms with E-state index < -0.39 is 11.7 Å². The molecule has 0 spiro atoms. The minimum absolute atomic E-state index is 0.137. The van der Waals surface area contributed by atoms with Gasteiger partial charge in [0.2, 0.25) is 0 Å². The second-order valence-electron chi connectivity index (χ2n) is 6.30. The van der Waals surface area contributed by atoms with Gasteiger partial charge in [-0.2, -0.15) is 18.3 Å². The molecular weight excluding hydrogens is 357 g/mol. The van der Waals surface area contributed by atoms with Crippen LogP contribution in [0.1, 0.15) is 32.9 Å². The van der Waals surface area contributed by atoms with Crippen molar-refractivity contribution in [2.45, 2.75) is 19.0 Å². The van der Waals surface area contributed by atoms with Gasteiger partial charge in [0.1, 0.15) is 0 Å². The lowest BCUT2D eigenvalue weighted by Gasteiger charge is -2.15. The summed E-state index contributed by atoms with van der Waals surface area (Å²) in [7, 11) is 0. The predicted octanol–water partition coefficient (Wildman–Crippen LogP) is 3.16. The smallest absolute Gasteiger partial charge is 0.352 e. The Bertz CT molecular complexity index is 993. The average molecular weight is 372 g/mol. The molecule has 1 aliphatic rings. The maximum absolute atomic E-state index is 12.7. The van der Waals surface area contributed by atoms with Gasteiger partial charge in [-0.05, 0) is 29.8 Å². The van der Waals surface area contributed by atoms with Crippen LogP contribution in [0.4, 0.5) is 13.2 Å². The molecule has 8 heteroatoms. The third-order valence-corrected chi connectivity index (χ3v) is 4.47. The number of amides is 1. The Balaban J connectivity index is 1.59. The summed E-state index contributed by atoms with van der Waals surface area (Å²) >= 11 is 0. The molecule has 0 fully saturated rings. The first-order chi connectivity index (χ1) is 12.9. The monoisotopic (exact) mass is 372 g/mol. The van der Waals surface area contributed by atoms with E-state index in [4.69, 9.17) is 0 Å². The van der Waals surface area contributed by atoms with Crippen molar-refractivity contribution < 1.29 is 18.0 Å². The molecule has 0 saturated heterocycles. The lowest BCUT2D eigenvalue weighted by molar-refractivity contribution is -0.137. The first kappa shape index (κ1) is 17.3. The highest BCUT2D eigenvalue weighted by atomic mass is 19.4. The van der Waals surface area contributed by atoms with Crippen LogP contribution in [-0.2, 0) is 19.0 Å². The molecule has 2 aromatic heterocycles. The number of carbonyl (C=O) groups excluding carboxylic acids is 1. The fourth-order valence-electron chi connectivity index (χ4n) is 3.13. The molecule has 1 N–H and O–H groups in total. The summed E-state index contributed by atoms with van der Waals surface area (Å²) < 4.78 is 39.7. The van der Waals surface area contributed by atoms with Crippen molar-refractivity contribution in [2.75, 3.05) is 6.54 Å². The van der Waals surface area contributed by atoms with Crippen LogP contribution in [0.5, 0.6) is 0 Å². The van der Waals surface area contributed by atoms with Crippen molar-refractivity contribution in [3.63, 3.8) is 0 Å². The van der Waals surface area contributed by atoms with Gasteiger partial charge in [-0.25, -0.2) is 4.68 Å². The van der Waals surface area contributed by atoms with Gasteiger partial charge in [-0.3, -0.25) is 9.78 Å². The summed E-state index contributed by atoms with van der Waals surface area (Å²) in [5, 5.41) is 7.09. The number of hydrogen-bond acceptors (Lipinski definition) is 3. The maximum atomic E-state index is 12.7. The number of pyridine rings is 1. The normalized spacial score (nSPS) is 14.0. The lowest BCUT2D eigenvalue weighted by atomic mass is 10.1. The van der Waals surface area contributed by atoms with Crippen LogP contribution in [0.15, 0.2) is 48.8 Å². The van der Waals surface area contributed by atoms with Crippen LogP contribution in [0.25, 0.3) is 5.69 Å². The Morgan fingerprint density at radius 3 is 2.67 bits per heavy atom. The van der Waals surface area contributed by atoms with Crippen molar-refractivity contribution >= 4 is 5.91 Å². The van der Waals surface area contributed by atoms with Crippen LogP contribution in [0, 0.1) is 0 Å². The maximum Gasteiger partial charge on any atom is 0.416 e. The van der Waals surface area contributed by atoms with E-state index in [1.54, 1.807) is 23.1 Å². The summed E-state index contributed by atoms with van der Waals surface area (Å²) in [4.78, 5) is 16.2. The quantitative estimate of drug-likeness (QED) is 0.768. The summed E-state index contributed by atoms with van der Waals surface area (Å²) in [5.41, 5.74) is 2.93. The van der Waals surface area contributed by atoms with E-state index >= 15 is 0 Å². The van der Waals surface area contributed by atoms with E-state index in [0.717, 1.165) is 29.1 Å². The highest BCUT2D eigenvalue weighted by Crippen LogP contribution is 2.29. The van der Waals surface area contributed by atoms with Gasteiger partial charge in [0.15, 0.2) is 0 Å². The largest absolute Gasteiger partial charge is 0.416 e. The van der Waals surface area contributed by atoms with Crippen LogP contribution >= 0.6 is 0 Å². The van der Waals surface area contributed by atoms with E-state index in [1.165, 1.54) is 12.1 Å². The van der Waals surface area contributed by atoms with Gasteiger partial charge in [-0.15, -0.1) is 0 Å². The van der Waals surface area contributed by atoms with Crippen molar-refractivity contribution in [2.24, 2.45) is 0 Å². The summed E-state index contributed by atoms with van der Waals surface area (Å²) in [6.45, 7) is 0.557. The SMILES string of the molecule is O=C1NCCc2c1cnn2-c1ccnc(Cc2ccc(C(F)(F)F)cc2)c1. The molecule has 0 bridgehead atoms. The third-order valence-electron chi connectivity index (χ3n) is 4.47. The van der Waals surface area contributed by atoms with Crippen LogP contribution in [0.3, 0.4) is 0 Å². The van der Waals surface area contributed by atoms with Crippen LogP contribution in [-0.4, -0.2) is 27.2 Å².